The summed E-state index contributed by atoms with van der Waals surface area (Å²) in [5, 5.41) is 0. The van der Waals surface area contributed by atoms with Gasteiger partial charge in [-0.25, -0.2) is 4.68 Å². The molecule has 5 rings (SSSR count). The zero-order chi connectivity index (χ0) is 14.1. The topological polar surface area (TPSA) is 52.9 Å². The first-order valence-electron chi connectivity index (χ1n) is 8.12. The van der Waals surface area contributed by atoms with Gasteiger partial charge in [0.15, 0.2) is 0 Å². The van der Waals surface area contributed by atoms with Gasteiger partial charge in [0.2, 0.25) is 0 Å². The van der Waals surface area contributed by atoms with Crippen LogP contribution in [0.1, 0.15) is 51.1 Å². The summed E-state index contributed by atoms with van der Waals surface area (Å²) in [6.45, 7) is 4.93. The smallest absolute Gasteiger partial charge is 0.290 e. The molecule has 110 valence electrons. The van der Waals surface area contributed by atoms with Crippen LogP contribution in [-0.2, 0) is 12.1 Å². The van der Waals surface area contributed by atoms with Gasteiger partial charge in [-0.3, -0.25) is 9.48 Å². The minimum atomic E-state index is 0.0614. The monoisotopic (exact) mass is 275 g/mol. The Morgan fingerprint density at radius 2 is 1.65 bits per heavy atom. The molecule has 4 fully saturated rings. The number of hydrogen-bond donors (Lipinski definition) is 1. The van der Waals surface area contributed by atoms with Gasteiger partial charge < -0.3 is 5.73 Å². The van der Waals surface area contributed by atoms with Gasteiger partial charge in [0.25, 0.3) is 5.56 Å². The largest absolute Gasteiger partial charge is 0.393 e. The van der Waals surface area contributed by atoms with E-state index >= 15 is 0 Å². The molecule has 0 saturated heterocycles. The molecule has 4 heteroatoms. The summed E-state index contributed by atoms with van der Waals surface area (Å²) in [7, 11) is 0. The summed E-state index contributed by atoms with van der Waals surface area (Å²) in [5.74, 6) is 2.53. The highest BCUT2D eigenvalue weighted by Gasteiger charge is 2.53. The summed E-state index contributed by atoms with van der Waals surface area (Å²) in [5.41, 5.74) is 7.59. The van der Waals surface area contributed by atoms with Crippen LogP contribution in [0.4, 0.5) is 5.69 Å². The summed E-state index contributed by atoms with van der Waals surface area (Å²) >= 11 is 0. The van der Waals surface area contributed by atoms with E-state index in [2.05, 4.69) is 16.3 Å². The van der Waals surface area contributed by atoms with Crippen molar-refractivity contribution in [1.82, 2.24) is 9.36 Å². The average molecular weight is 275 g/mol. The fraction of sp³-hybridized carbons (Fsp3) is 0.812. The van der Waals surface area contributed by atoms with Crippen LogP contribution >= 0.6 is 0 Å². The zero-order valence-electron chi connectivity index (χ0n) is 12.6. The standard InChI is InChI=1S/C16H25N3O/c1-3-18-10(2)14(17)15(20)19(18)16-7-11-4-12(8-16)6-13(5-11)9-16/h11-13H,3-9,17H2,1-2H3. The number of aromatic nitrogens is 2. The first kappa shape index (κ1) is 12.5. The maximum Gasteiger partial charge on any atom is 0.290 e. The Kier molecular flexibility index (Phi) is 2.46. The molecule has 0 aromatic carbocycles. The molecule has 0 spiro atoms. The lowest BCUT2D eigenvalue weighted by Crippen LogP contribution is -2.55. The van der Waals surface area contributed by atoms with E-state index in [1.165, 1.54) is 38.5 Å². The summed E-state index contributed by atoms with van der Waals surface area (Å²) in [6.07, 6.45) is 7.78. The fourth-order valence-electron chi connectivity index (χ4n) is 5.84. The highest BCUT2D eigenvalue weighted by Crippen LogP contribution is 2.58. The third-order valence-corrected chi connectivity index (χ3v) is 6.20. The van der Waals surface area contributed by atoms with Crippen molar-refractivity contribution in [3.63, 3.8) is 0 Å². The van der Waals surface area contributed by atoms with Crippen LogP contribution in [0.25, 0.3) is 0 Å². The number of rotatable bonds is 2. The molecular weight excluding hydrogens is 250 g/mol. The van der Waals surface area contributed by atoms with E-state index in [-0.39, 0.29) is 11.1 Å². The van der Waals surface area contributed by atoms with Crippen molar-refractivity contribution in [2.45, 2.75) is 64.5 Å². The number of nitrogens with two attached hydrogens (primary N) is 1. The van der Waals surface area contributed by atoms with E-state index in [0.717, 1.165) is 30.0 Å². The normalized spacial score (nSPS) is 38.6. The van der Waals surface area contributed by atoms with Gasteiger partial charge in [-0.05, 0) is 70.1 Å². The van der Waals surface area contributed by atoms with E-state index < -0.39 is 0 Å². The lowest BCUT2D eigenvalue weighted by molar-refractivity contribution is -0.0573. The van der Waals surface area contributed by atoms with Gasteiger partial charge in [0, 0.05) is 6.54 Å². The molecule has 2 N–H and O–H groups in total. The summed E-state index contributed by atoms with van der Waals surface area (Å²) in [4.78, 5) is 12.7. The van der Waals surface area contributed by atoms with E-state index in [1.807, 2.05) is 6.92 Å². The maximum absolute atomic E-state index is 12.7. The van der Waals surface area contributed by atoms with Crippen molar-refractivity contribution in [2.75, 3.05) is 5.73 Å². The molecule has 1 heterocycles. The Labute approximate surface area is 119 Å². The lowest BCUT2D eigenvalue weighted by atomic mass is 9.53. The van der Waals surface area contributed by atoms with Gasteiger partial charge in [-0.2, -0.15) is 0 Å². The molecule has 0 unspecified atom stereocenters. The molecule has 4 aliphatic rings. The van der Waals surface area contributed by atoms with Crippen LogP contribution in [0.3, 0.4) is 0 Å². The third kappa shape index (κ3) is 1.45. The molecular formula is C16H25N3O. The number of hydrogen-bond acceptors (Lipinski definition) is 2. The van der Waals surface area contributed by atoms with Crippen molar-refractivity contribution < 1.29 is 0 Å². The Morgan fingerprint density at radius 1 is 1.15 bits per heavy atom. The molecule has 20 heavy (non-hydrogen) atoms. The van der Waals surface area contributed by atoms with Crippen molar-refractivity contribution in [3.8, 4) is 0 Å². The first-order valence-corrected chi connectivity index (χ1v) is 8.12. The van der Waals surface area contributed by atoms with Crippen LogP contribution in [0.15, 0.2) is 4.79 Å². The van der Waals surface area contributed by atoms with Crippen LogP contribution in [0.2, 0.25) is 0 Å². The minimum absolute atomic E-state index is 0.0614. The molecule has 1 aromatic rings. The second-order valence-electron chi connectivity index (χ2n) is 7.47. The van der Waals surface area contributed by atoms with Crippen molar-refractivity contribution in [1.29, 1.82) is 0 Å². The van der Waals surface area contributed by atoms with Crippen LogP contribution < -0.4 is 11.3 Å². The SMILES string of the molecule is CCn1c(C)c(N)c(=O)n1C12CC3CC(CC(C3)C1)C2. The Balaban J connectivity index is 1.89. The molecule has 0 aliphatic heterocycles. The molecule has 4 saturated carbocycles. The number of anilines is 1. The van der Waals surface area contributed by atoms with Gasteiger partial charge in [-0.15, -0.1) is 0 Å². The highest BCUT2D eigenvalue weighted by atomic mass is 16.1. The molecule has 0 amide bonds. The molecule has 1 aromatic heterocycles. The maximum atomic E-state index is 12.7. The van der Waals surface area contributed by atoms with Gasteiger partial charge in [-0.1, -0.05) is 0 Å². The Bertz CT molecular complexity index is 575. The molecule has 4 bridgehead atoms. The Hall–Kier alpha value is -1.19. The van der Waals surface area contributed by atoms with Crippen molar-refractivity contribution in [3.05, 3.63) is 16.0 Å². The van der Waals surface area contributed by atoms with E-state index in [4.69, 9.17) is 5.73 Å². The predicted octanol–water partition coefficient (Wildman–Crippen LogP) is 2.49. The predicted molar refractivity (Wildman–Crippen MR) is 79.7 cm³/mol. The highest BCUT2D eigenvalue weighted by molar-refractivity contribution is 5.41. The van der Waals surface area contributed by atoms with Crippen molar-refractivity contribution >= 4 is 5.69 Å². The van der Waals surface area contributed by atoms with Crippen LogP contribution in [-0.4, -0.2) is 9.36 Å². The van der Waals surface area contributed by atoms with Gasteiger partial charge in [0.05, 0.1) is 11.2 Å². The van der Waals surface area contributed by atoms with E-state index in [1.54, 1.807) is 0 Å². The zero-order valence-corrected chi connectivity index (χ0v) is 12.6. The summed E-state index contributed by atoms with van der Waals surface area (Å²) in [6, 6.07) is 0. The van der Waals surface area contributed by atoms with Crippen LogP contribution in [0, 0.1) is 24.7 Å². The summed E-state index contributed by atoms with van der Waals surface area (Å²) < 4.78 is 4.22. The fourth-order valence-corrected chi connectivity index (χ4v) is 5.84. The quantitative estimate of drug-likeness (QED) is 0.901. The van der Waals surface area contributed by atoms with Crippen LogP contribution in [0.5, 0.6) is 0 Å². The molecule has 4 nitrogen and oxygen atoms in total. The third-order valence-electron chi connectivity index (χ3n) is 6.20. The van der Waals surface area contributed by atoms with Gasteiger partial charge in [0.1, 0.15) is 5.69 Å². The minimum Gasteiger partial charge on any atom is -0.393 e. The van der Waals surface area contributed by atoms with Crippen molar-refractivity contribution in [2.24, 2.45) is 17.8 Å². The molecule has 0 atom stereocenters. The second-order valence-corrected chi connectivity index (χ2v) is 7.47. The Morgan fingerprint density at radius 3 is 2.10 bits per heavy atom. The molecule has 0 radical (unpaired) electrons. The number of nitrogen functional groups attached to an aromatic ring is 1. The van der Waals surface area contributed by atoms with E-state index in [0.29, 0.717) is 5.69 Å². The molecule has 4 aliphatic carbocycles. The van der Waals surface area contributed by atoms with Gasteiger partial charge >= 0.3 is 0 Å². The number of nitrogens with zero attached hydrogens (tertiary/aromatic N) is 2. The lowest BCUT2D eigenvalue weighted by Gasteiger charge is -2.57. The first-order chi connectivity index (χ1) is 9.54. The van der Waals surface area contributed by atoms with E-state index in [9.17, 15) is 4.79 Å². The second kappa shape index (κ2) is 3.92. The average Bonchev–Trinajstić information content (AvgIpc) is 2.61.